The first-order chi connectivity index (χ1) is 18.1. The fraction of sp³-hybridized carbons (Fsp3) is 0.179. The molecule has 0 aliphatic heterocycles. The van der Waals surface area contributed by atoms with Crippen molar-refractivity contribution in [3.8, 4) is 28.1 Å². The molecule has 1 heterocycles. The van der Waals surface area contributed by atoms with Gasteiger partial charge in [0.2, 0.25) is 5.88 Å². The Balaban J connectivity index is 1.81. The van der Waals surface area contributed by atoms with Gasteiger partial charge in [0.05, 0.1) is 11.1 Å². The van der Waals surface area contributed by atoms with Gasteiger partial charge in [-0.15, -0.1) is 10.2 Å². The Morgan fingerprint density at radius 2 is 1.39 bits per heavy atom. The molecule has 5 nitrogen and oxygen atoms in total. The summed E-state index contributed by atoms with van der Waals surface area (Å²) in [6.45, 7) is 3.97. The van der Waals surface area contributed by atoms with E-state index in [-0.39, 0.29) is 18.4 Å². The number of benzene rings is 3. The topological polar surface area (TPSA) is 59.4 Å². The maximum atomic E-state index is 13.0. The fourth-order valence-electron chi connectivity index (χ4n) is 3.57. The third-order valence-corrected chi connectivity index (χ3v) is 5.91. The lowest BCUT2D eigenvalue weighted by Gasteiger charge is -2.18. The minimum atomic E-state index is -4.42. The molecule has 3 aromatic carbocycles. The van der Waals surface area contributed by atoms with Crippen molar-refractivity contribution < 1.29 is 17.9 Å². The normalized spacial score (nSPS) is 11.8. The first-order valence-corrected chi connectivity index (χ1v) is 12.4. The fourth-order valence-corrected chi connectivity index (χ4v) is 3.82. The second-order valence-electron chi connectivity index (χ2n) is 8.73. The Morgan fingerprint density at radius 3 is 1.92 bits per heavy atom. The molecule has 0 saturated carbocycles. The average Bonchev–Trinajstić information content (AvgIpc) is 2.88. The summed E-state index contributed by atoms with van der Waals surface area (Å²) in [5.41, 5.74) is 5.56. The van der Waals surface area contributed by atoms with E-state index in [0.717, 1.165) is 23.3 Å². The average molecular weight is 559 g/mol. The monoisotopic (exact) mass is 558 g/mol. The predicted octanol–water partition coefficient (Wildman–Crippen LogP) is 8.77. The molecule has 10 heteroatoms. The van der Waals surface area contributed by atoms with Crippen molar-refractivity contribution in [2.75, 3.05) is 5.43 Å². The van der Waals surface area contributed by atoms with E-state index in [2.05, 4.69) is 20.7 Å². The van der Waals surface area contributed by atoms with E-state index in [1.165, 1.54) is 12.1 Å². The molecule has 0 amide bonds. The maximum Gasteiger partial charge on any atom is 0.416 e. The number of hydrogen-bond acceptors (Lipinski definition) is 5. The van der Waals surface area contributed by atoms with E-state index in [1.54, 1.807) is 30.5 Å². The Bertz CT molecular complexity index is 1410. The van der Waals surface area contributed by atoms with Crippen LogP contribution in [0.2, 0.25) is 10.0 Å². The lowest BCUT2D eigenvalue weighted by Crippen LogP contribution is -2.07. The molecule has 0 radical (unpaired) electrons. The van der Waals surface area contributed by atoms with Crippen LogP contribution < -0.4 is 10.2 Å². The van der Waals surface area contributed by atoms with Gasteiger partial charge in [-0.25, -0.2) is 0 Å². The number of rotatable bonds is 8. The molecule has 0 spiro atoms. The SMILES string of the molecule is CC(C)/C=N/Nc1nnc(OCc2ccc(C(F)(F)F)cc2)c(-c2ccc(Cl)cc2)c1-c1ccc(Cl)cc1. The second-order valence-corrected chi connectivity index (χ2v) is 9.61. The van der Waals surface area contributed by atoms with Gasteiger partial charge in [0, 0.05) is 21.8 Å². The van der Waals surface area contributed by atoms with Gasteiger partial charge >= 0.3 is 6.18 Å². The minimum absolute atomic E-state index is 0.0221. The molecule has 0 aliphatic carbocycles. The summed E-state index contributed by atoms with van der Waals surface area (Å²) in [6.07, 6.45) is -2.68. The Morgan fingerprint density at radius 1 is 0.842 bits per heavy atom. The van der Waals surface area contributed by atoms with Gasteiger partial charge in [-0.3, -0.25) is 5.43 Å². The van der Waals surface area contributed by atoms with Crippen molar-refractivity contribution in [1.29, 1.82) is 0 Å². The highest BCUT2D eigenvalue weighted by Crippen LogP contribution is 2.42. The number of halogens is 5. The number of alkyl halides is 3. The summed E-state index contributed by atoms with van der Waals surface area (Å²) < 4.78 is 44.9. The van der Waals surface area contributed by atoms with E-state index in [9.17, 15) is 13.2 Å². The van der Waals surface area contributed by atoms with E-state index in [4.69, 9.17) is 27.9 Å². The van der Waals surface area contributed by atoms with Crippen molar-refractivity contribution in [3.05, 3.63) is 94.0 Å². The summed E-state index contributed by atoms with van der Waals surface area (Å²) in [7, 11) is 0. The number of aromatic nitrogens is 2. The Hall–Kier alpha value is -3.62. The first kappa shape index (κ1) is 27.4. The van der Waals surface area contributed by atoms with Gasteiger partial charge in [0.25, 0.3) is 0 Å². The molecule has 38 heavy (non-hydrogen) atoms. The van der Waals surface area contributed by atoms with E-state index in [0.29, 0.717) is 32.6 Å². The van der Waals surface area contributed by atoms with Gasteiger partial charge in [-0.05, 0) is 59.0 Å². The molecular formula is C28H23Cl2F3N4O. The molecule has 0 atom stereocenters. The number of hydrogen-bond donors (Lipinski definition) is 1. The third-order valence-electron chi connectivity index (χ3n) is 5.41. The number of ether oxygens (including phenoxy) is 1. The van der Waals surface area contributed by atoms with E-state index in [1.807, 2.05) is 38.1 Å². The minimum Gasteiger partial charge on any atom is -0.471 e. The quantitative estimate of drug-likeness (QED) is 0.173. The Kier molecular flexibility index (Phi) is 8.54. The number of hydrazone groups is 1. The van der Waals surface area contributed by atoms with Gasteiger partial charge < -0.3 is 4.74 Å². The zero-order valence-electron chi connectivity index (χ0n) is 20.4. The smallest absolute Gasteiger partial charge is 0.416 e. The molecule has 0 saturated heterocycles. The van der Waals surface area contributed by atoms with Gasteiger partial charge in [0.1, 0.15) is 6.61 Å². The van der Waals surface area contributed by atoms with Crippen molar-refractivity contribution in [2.45, 2.75) is 26.6 Å². The molecule has 0 fully saturated rings. The lowest BCUT2D eigenvalue weighted by atomic mass is 9.96. The van der Waals surface area contributed by atoms with E-state index < -0.39 is 11.7 Å². The standard InChI is InChI=1S/C28H23Cl2F3N4O/c1-17(2)15-34-35-26-24(19-5-11-22(29)12-6-19)25(20-7-13-23(30)14-8-20)27(37-36-26)38-16-18-3-9-21(10-4-18)28(31,32)33/h3-15,17H,16H2,1-2H3,(H,35,36)/b34-15+. The van der Waals surface area contributed by atoms with Gasteiger partial charge in [-0.2, -0.15) is 18.3 Å². The van der Waals surface area contributed by atoms with Crippen LogP contribution >= 0.6 is 23.2 Å². The van der Waals surface area contributed by atoms with Crippen molar-refractivity contribution in [1.82, 2.24) is 10.2 Å². The summed E-state index contributed by atoms with van der Waals surface area (Å²) >= 11 is 12.3. The molecule has 4 rings (SSSR count). The summed E-state index contributed by atoms with van der Waals surface area (Å²) in [5.74, 6) is 0.781. The molecule has 196 valence electrons. The first-order valence-electron chi connectivity index (χ1n) is 11.6. The third kappa shape index (κ3) is 6.82. The van der Waals surface area contributed by atoms with Crippen molar-refractivity contribution >= 4 is 35.2 Å². The van der Waals surface area contributed by atoms with Crippen LogP contribution in [-0.4, -0.2) is 16.4 Å². The van der Waals surface area contributed by atoms with Crippen LogP contribution in [0.25, 0.3) is 22.3 Å². The van der Waals surface area contributed by atoms with Crippen LogP contribution in [0, 0.1) is 5.92 Å². The molecule has 0 aliphatic rings. The number of anilines is 1. The number of nitrogens with one attached hydrogen (secondary N) is 1. The van der Waals surface area contributed by atoms with E-state index >= 15 is 0 Å². The highest BCUT2D eigenvalue weighted by atomic mass is 35.5. The maximum absolute atomic E-state index is 13.0. The zero-order chi connectivity index (χ0) is 27.3. The van der Waals surface area contributed by atoms with Crippen LogP contribution in [0.5, 0.6) is 5.88 Å². The number of nitrogens with zero attached hydrogens (tertiary/aromatic N) is 3. The van der Waals surface area contributed by atoms with Crippen LogP contribution in [0.3, 0.4) is 0 Å². The largest absolute Gasteiger partial charge is 0.471 e. The molecule has 4 aromatic rings. The summed E-state index contributed by atoms with van der Waals surface area (Å²) in [4.78, 5) is 0. The molecule has 1 N–H and O–H groups in total. The predicted molar refractivity (Wildman–Crippen MR) is 146 cm³/mol. The van der Waals surface area contributed by atoms with Crippen molar-refractivity contribution in [2.24, 2.45) is 11.0 Å². The summed E-state index contributed by atoms with van der Waals surface area (Å²) in [5, 5.41) is 14.0. The molecular weight excluding hydrogens is 536 g/mol. The van der Waals surface area contributed by atoms with Gasteiger partial charge in [0.15, 0.2) is 5.82 Å². The molecule has 0 unspecified atom stereocenters. The highest BCUT2D eigenvalue weighted by molar-refractivity contribution is 6.31. The highest BCUT2D eigenvalue weighted by Gasteiger charge is 2.30. The van der Waals surface area contributed by atoms with Crippen LogP contribution in [-0.2, 0) is 12.8 Å². The van der Waals surface area contributed by atoms with Crippen LogP contribution in [0.15, 0.2) is 77.9 Å². The van der Waals surface area contributed by atoms with Crippen LogP contribution in [0.4, 0.5) is 19.0 Å². The summed E-state index contributed by atoms with van der Waals surface area (Å²) in [6, 6.07) is 19.1. The molecule has 1 aromatic heterocycles. The van der Waals surface area contributed by atoms with Gasteiger partial charge in [-0.1, -0.05) is 73.4 Å². The van der Waals surface area contributed by atoms with Crippen LogP contribution in [0.1, 0.15) is 25.0 Å². The van der Waals surface area contributed by atoms with Crippen molar-refractivity contribution in [3.63, 3.8) is 0 Å². The lowest BCUT2D eigenvalue weighted by molar-refractivity contribution is -0.137. The molecule has 0 bridgehead atoms. The zero-order valence-corrected chi connectivity index (χ0v) is 21.9. The second kappa shape index (κ2) is 11.8. The Labute approximate surface area is 228 Å².